The average molecular weight is 697 g/mol. The summed E-state index contributed by atoms with van der Waals surface area (Å²) >= 11 is 0. The van der Waals surface area contributed by atoms with E-state index in [0.29, 0.717) is 13.2 Å². The Labute approximate surface area is 306 Å². The van der Waals surface area contributed by atoms with Crippen molar-refractivity contribution in [1.29, 1.82) is 0 Å². The number of ether oxygens (including phenoxy) is 2. The zero-order valence-electron chi connectivity index (χ0n) is 32.5. The Morgan fingerprint density at radius 1 is 0.479 bits per heavy atom. The van der Waals surface area contributed by atoms with Crippen LogP contribution in [0.1, 0.15) is 168 Å². The van der Waals surface area contributed by atoms with Crippen LogP contribution < -0.4 is 0 Å². The van der Waals surface area contributed by atoms with Gasteiger partial charge in [0.2, 0.25) is 0 Å². The predicted molar refractivity (Wildman–Crippen MR) is 216 cm³/mol. The molecule has 0 aliphatic rings. The van der Waals surface area contributed by atoms with E-state index in [0.717, 1.165) is 45.4 Å². The molecule has 0 radical (unpaired) electrons. The minimum atomic E-state index is -0.347. The molecule has 0 unspecified atom stereocenters. The highest BCUT2D eigenvalue weighted by Gasteiger charge is 2.31. The highest BCUT2D eigenvalue weighted by Crippen LogP contribution is 2.20. The lowest BCUT2D eigenvalue weighted by Gasteiger charge is -2.34. The average Bonchev–Trinajstić information content (AvgIpc) is 3.06. The molecular weight excluding hydrogens is 614 g/mol. The Balaban J connectivity index is 0. The number of allylic oxidation sites excluding steroid dienone is 8. The van der Waals surface area contributed by atoms with Crippen LogP contribution in [0.2, 0.25) is 0 Å². The van der Waals surface area contributed by atoms with Gasteiger partial charge < -0.3 is 19.5 Å². The quantitative estimate of drug-likeness (QED) is 0.0519. The third-order valence-electron chi connectivity index (χ3n) is 8.78. The van der Waals surface area contributed by atoms with Crippen LogP contribution >= 0.6 is 12.4 Å². The fourth-order valence-electron chi connectivity index (χ4n) is 5.91. The highest BCUT2D eigenvalue weighted by molar-refractivity contribution is 5.85. The third-order valence-corrected chi connectivity index (χ3v) is 8.78. The zero-order chi connectivity index (χ0) is 34.4. The van der Waals surface area contributed by atoms with Crippen molar-refractivity contribution in [3.63, 3.8) is 0 Å². The summed E-state index contributed by atoms with van der Waals surface area (Å²) in [5, 5.41) is 10.3. The smallest absolute Gasteiger partial charge is 0.0579 e. The zero-order valence-corrected chi connectivity index (χ0v) is 33.3. The second-order valence-electron chi connectivity index (χ2n) is 14.2. The summed E-state index contributed by atoms with van der Waals surface area (Å²) in [6, 6.07) is 0. The highest BCUT2D eigenvalue weighted by atomic mass is 35.5. The van der Waals surface area contributed by atoms with Crippen molar-refractivity contribution >= 4 is 12.4 Å². The van der Waals surface area contributed by atoms with E-state index in [1.54, 1.807) is 0 Å². The number of unbranched alkanes of at least 4 members (excludes halogenated alkanes) is 18. The number of halogens is 1. The van der Waals surface area contributed by atoms with E-state index in [1.807, 2.05) is 0 Å². The fraction of sp³-hybridized carbons (Fsp3) is 0.814. The number of hydrogen-bond acceptors (Lipinski definition) is 4. The molecule has 0 rings (SSSR count). The standard InChI is InChI=1S/C43H81NO3.ClH/c1-5-7-9-11-13-15-17-19-21-23-25-27-29-31-33-35-37-46-41-43(40-45,39-44(3)4)42-47-38-36-34-32-30-28-26-24-22-20-18-16-14-12-10-8-6-2;/h13-16,19-22,45H,5-12,17-18,23-42H2,1-4H3;1H/b15-13-,16-14-,21-19-,22-20-;. The van der Waals surface area contributed by atoms with Gasteiger partial charge >= 0.3 is 0 Å². The Bertz CT molecular complexity index is 682. The van der Waals surface area contributed by atoms with Gasteiger partial charge in [-0.3, -0.25) is 0 Å². The monoisotopic (exact) mass is 696 g/mol. The minimum absolute atomic E-state index is 0. The van der Waals surface area contributed by atoms with Gasteiger partial charge in [0.25, 0.3) is 0 Å². The maximum Gasteiger partial charge on any atom is 0.0579 e. The van der Waals surface area contributed by atoms with E-state index in [4.69, 9.17) is 9.47 Å². The van der Waals surface area contributed by atoms with Crippen molar-refractivity contribution in [2.75, 3.05) is 53.7 Å². The fourth-order valence-corrected chi connectivity index (χ4v) is 5.91. The summed E-state index contributed by atoms with van der Waals surface area (Å²) in [5.74, 6) is 0. The first-order valence-electron chi connectivity index (χ1n) is 20.1. The summed E-state index contributed by atoms with van der Waals surface area (Å²) in [6.45, 7) is 8.06. The van der Waals surface area contributed by atoms with Gasteiger partial charge in [0, 0.05) is 19.8 Å². The molecule has 48 heavy (non-hydrogen) atoms. The van der Waals surface area contributed by atoms with Crippen molar-refractivity contribution in [3.05, 3.63) is 48.6 Å². The molecule has 0 heterocycles. The molecule has 0 fully saturated rings. The first kappa shape index (κ1) is 49.2. The molecular formula is C43H82ClNO3. The van der Waals surface area contributed by atoms with E-state index in [2.05, 4.69) is 81.5 Å². The van der Waals surface area contributed by atoms with Gasteiger partial charge in [-0.2, -0.15) is 0 Å². The van der Waals surface area contributed by atoms with Crippen LogP contribution in [0.5, 0.6) is 0 Å². The number of nitrogens with zero attached hydrogens (tertiary/aromatic N) is 1. The van der Waals surface area contributed by atoms with Gasteiger partial charge in [-0.1, -0.05) is 140 Å². The van der Waals surface area contributed by atoms with Crippen molar-refractivity contribution in [3.8, 4) is 0 Å². The Morgan fingerprint density at radius 2 is 0.812 bits per heavy atom. The lowest BCUT2D eigenvalue weighted by Crippen LogP contribution is -2.44. The molecule has 0 aromatic rings. The maximum absolute atomic E-state index is 10.3. The molecule has 0 saturated heterocycles. The van der Waals surface area contributed by atoms with Crippen LogP contribution in [0.3, 0.4) is 0 Å². The van der Waals surface area contributed by atoms with E-state index in [9.17, 15) is 5.11 Å². The molecule has 0 spiro atoms. The van der Waals surface area contributed by atoms with Gasteiger partial charge in [0.15, 0.2) is 0 Å². The summed E-state index contributed by atoms with van der Waals surface area (Å²) in [7, 11) is 4.13. The number of aliphatic hydroxyl groups is 1. The molecule has 0 aliphatic carbocycles. The van der Waals surface area contributed by atoms with Crippen molar-refractivity contribution in [1.82, 2.24) is 4.90 Å². The van der Waals surface area contributed by atoms with Crippen LogP contribution in [0.15, 0.2) is 48.6 Å². The Morgan fingerprint density at radius 3 is 1.15 bits per heavy atom. The van der Waals surface area contributed by atoms with Gasteiger partial charge in [0.05, 0.1) is 25.2 Å². The largest absolute Gasteiger partial charge is 0.396 e. The van der Waals surface area contributed by atoms with Gasteiger partial charge in [-0.05, 0) is 91.1 Å². The topological polar surface area (TPSA) is 41.9 Å². The van der Waals surface area contributed by atoms with E-state index < -0.39 is 0 Å². The number of hydrogen-bond donors (Lipinski definition) is 1. The predicted octanol–water partition coefficient (Wildman–Crippen LogP) is 12.6. The van der Waals surface area contributed by atoms with Crippen molar-refractivity contribution in [2.45, 2.75) is 168 Å². The summed E-state index contributed by atoms with van der Waals surface area (Å²) in [5.41, 5.74) is -0.347. The van der Waals surface area contributed by atoms with E-state index in [-0.39, 0.29) is 24.4 Å². The van der Waals surface area contributed by atoms with Gasteiger partial charge in [-0.15, -0.1) is 12.4 Å². The molecule has 0 atom stereocenters. The SMILES string of the molecule is CCCCC/C=C\C/C=C\CCCCCCCCOCC(CO)(COCCCCCCCC/C=C\C/C=C\CCCCC)CN(C)C.Cl. The Hall–Kier alpha value is -0.910. The molecule has 0 aromatic carbocycles. The molecule has 284 valence electrons. The summed E-state index contributed by atoms with van der Waals surface area (Å²) in [6.07, 6.45) is 48.7. The van der Waals surface area contributed by atoms with Crippen molar-refractivity contribution in [2.24, 2.45) is 5.41 Å². The number of rotatable bonds is 37. The number of aliphatic hydroxyl groups excluding tert-OH is 1. The first-order valence-corrected chi connectivity index (χ1v) is 20.1. The summed E-state index contributed by atoms with van der Waals surface area (Å²) < 4.78 is 12.2. The molecule has 5 heteroatoms. The van der Waals surface area contributed by atoms with Gasteiger partial charge in [-0.25, -0.2) is 0 Å². The lowest BCUT2D eigenvalue weighted by molar-refractivity contribution is -0.0625. The third kappa shape index (κ3) is 36.4. The second-order valence-corrected chi connectivity index (χ2v) is 14.2. The van der Waals surface area contributed by atoms with Crippen LogP contribution in [-0.4, -0.2) is 63.7 Å². The second kappa shape index (κ2) is 40.5. The molecule has 1 N–H and O–H groups in total. The molecule has 4 nitrogen and oxygen atoms in total. The molecule has 0 aromatic heterocycles. The normalized spacial score (nSPS) is 12.5. The molecule has 0 bridgehead atoms. The van der Waals surface area contributed by atoms with Gasteiger partial charge in [0.1, 0.15) is 0 Å². The Kier molecular flexibility index (Phi) is 41.5. The van der Waals surface area contributed by atoms with Crippen LogP contribution in [0.4, 0.5) is 0 Å². The first-order chi connectivity index (χ1) is 23.1. The molecule has 0 amide bonds. The summed E-state index contributed by atoms with van der Waals surface area (Å²) in [4.78, 5) is 2.14. The lowest BCUT2D eigenvalue weighted by atomic mass is 9.90. The van der Waals surface area contributed by atoms with E-state index in [1.165, 1.54) is 128 Å². The van der Waals surface area contributed by atoms with Crippen LogP contribution in [-0.2, 0) is 9.47 Å². The van der Waals surface area contributed by atoms with E-state index >= 15 is 0 Å². The molecule has 0 saturated carbocycles. The van der Waals surface area contributed by atoms with Crippen molar-refractivity contribution < 1.29 is 14.6 Å². The van der Waals surface area contributed by atoms with Crippen LogP contribution in [0.25, 0.3) is 0 Å². The minimum Gasteiger partial charge on any atom is -0.396 e. The van der Waals surface area contributed by atoms with Crippen LogP contribution in [0, 0.1) is 5.41 Å². The maximum atomic E-state index is 10.3. The molecule has 0 aliphatic heterocycles.